The number of benzene rings is 1. The van der Waals surface area contributed by atoms with E-state index in [1.54, 1.807) is 36.6 Å². The van der Waals surface area contributed by atoms with Crippen LogP contribution in [0.15, 0.2) is 48.3 Å². The summed E-state index contributed by atoms with van der Waals surface area (Å²) >= 11 is 5.63. The fourth-order valence-electron chi connectivity index (χ4n) is 8.05. The highest BCUT2D eigenvalue weighted by Crippen LogP contribution is 2.33. The molecule has 294 valence electrons. The molecule has 2 unspecified atom stereocenters. The Kier molecular flexibility index (Phi) is 13.0. The summed E-state index contributed by atoms with van der Waals surface area (Å²) < 4.78 is 46.7. The predicted molar refractivity (Wildman–Crippen MR) is 202 cm³/mol. The van der Waals surface area contributed by atoms with E-state index < -0.39 is 23.7 Å². The fourth-order valence-corrected chi connectivity index (χ4v) is 8.60. The Morgan fingerprint density at radius 1 is 1.09 bits per heavy atom. The second-order valence-electron chi connectivity index (χ2n) is 15.2. The maximum Gasteiger partial charge on any atom is 0.409 e. The number of allylic oxidation sites excluding steroid dienone is 2. The number of anilines is 2. The molecule has 5 rings (SSSR count). The molecule has 16 heteroatoms. The molecule has 1 saturated carbocycles. The maximum absolute atomic E-state index is 13.4. The van der Waals surface area contributed by atoms with Crippen LogP contribution in [0.1, 0.15) is 85.5 Å². The number of carbonyl (C=O) groups is 4. The van der Waals surface area contributed by atoms with Crippen LogP contribution >= 0.6 is 12.2 Å². The number of halogens is 3. The third-order valence-corrected chi connectivity index (χ3v) is 11.1. The zero-order valence-electron chi connectivity index (χ0n) is 31.2. The SMILES string of the molecule is C[C@@H]1CC(CCOC2CCC(=[N+]3C(=S)N(/C(C=CC(F)(F)F)=C/N)C(=O)C3(C)C)CC2)C[C@H](C)N1CC(=O)Nc1cccc(NC2CCC(=O)NC2=O)c1. The Hall–Kier alpha value is -4.15. The number of nitrogens with two attached hydrogens (primary N) is 1. The van der Waals surface area contributed by atoms with Gasteiger partial charge < -0.3 is 21.1 Å². The van der Waals surface area contributed by atoms with Crippen LogP contribution in [0.3, 0.4) is 0 Å². The van der Waals surface area contributed by atoms with Crippen molar-refractivity contribution in [1.29, 1.82) is 0 Å². The lowest BCUT2D eigenvalue weighted by Crippen LogP contribution is -2.49. The number of piperidine rings is 2. The minimum atomic E-state index is -4.56. The van der Waals surface area contributed by atoms with Crippen molar-refractivity contribution in [2.75, 3.05) is 23.8 Å². The van der Waals surface area contributed by atoms with Gasteiger partial charge in [-0.3, -0.25) is 24.6 Å². The van der Waals surface area contributed by atoms with E-state index in [0.29, 0.717) is 43.2 Å². The zero-order valence-corrected chi connectivity index (χ0v) is 32.0. The molecular formula is C38H51F3N7O5S+. The highest BCUT2D eigenvalue weighted by molar-refractivity contribution is 7.80. The summed E-state index contributed by atoms with van der Waals surface area (Å²) in [6.07, 6.45) is 3.47. The fraction of sp³-hybridized carbons (Fsp3) is 0.579. The number of ether oxygens (including phenoxy) is 1. The molecule has 3 saturated heterocycles. The largest absolute Gasteiger partial charge is 0.409 e. The average molecular weight is 775 g/mol. The van der Waals surface area contributed by atoms with E-state index in [2.05, 4.69) is 34.7 Å². The van der Waals surface area contributed by atoms with Crippen molar-refractivity contribution in [3.05, 3.63) is 48.3 Å². The number of thiocarbonyl (C=S) groups is 1. The van der Waals surface area contributed by atoms with Gasteiger partial charge in [0, 0.05) is 73.8 Å². The van der Waals surface area contributed by atoms with Crippen molar-refractivity contribution < 1.29 is 41.7 Å². The number of nitrogens with zero attached hydrogens (tertiary/aromatic N) is 3. The van der Waals surface area contributed by atoms with E-state index in [1.165, 1.54) is 0 Å². The highest BCUT2D eigenvalue weighted by atomic mass is 32.1. The van der Waals surface area contributed by atoms with Crippen molar-refractivity contribution in [2.45, 2.75) is 121 Å². The van der Waals surface area contributed by atoms with E-state index in [4.69, 9.17) is 22.7 Å². The number of imide groups is 1. The molecule has 5 N–H and O–H groups in total. The predicted octanol–water partition coefficient (Wildman–Crippen LogP) is 4.96. The number of carbonyl (C=O) groups excluding carboxylic acids is 4. The standard InChI is InChI=1S/C38H50F3N7O5S/c1-23-18-25(19-24(2)46(23)22-33(50)44-27-7-5-6-26(20-27)43-31-12-13-32(49)45-34(31)51)15-17-53-30-10-8-28(9-11-30)48-36(54)47(35(52)37(48,3)4)29(21-42)14-16-38(39,40)41/h5-7,14,16,20-21,23-25,30-31,43H,8-13,15,17-19,22,42H2,1-4H3,(H-,44,45,49,50,51)/p+1/b16-14?,29-21+,48-28?/t23-,24+,25?,30?,31?. The number of likely N-dealkylation sites (tertiary alicyclic amines) is 1. The van der Waals surface area contributed by atoms with Crippen LogP contribution < -0.4 is 21.7 Å². The lowest BCUT2D eigenvalue weighted by atomic mass is 9.85. The van der Waals surface area contributed by atoms with Crippen LogP contribution in [0.4, 0.5) is 24.5 Å². The first kappa shape index (κ1) is 41.0. The van der Waals surface area contributed by atoms with Gasteiger partial charge in [0.05, 0.1) is 18.4 Å². The first-order valence-electron chi connectivity index (χ1n) is 18.6. The molecule has 3 aliphatic heterocycles. The number of hydrogen-bond acceptors (Lipinski definition) is 9. The molecule has 0 spiro atoms. The van der Waals surface area contributed by atoms with Crippen molar-refractivity contribution in [1.82, 2.24) is 15.1 Å². The third-order valence-electron chi connectivity index (χ3n) is 10.8. The van der Waals surface area contributed by atoms with Gasteiger partial charge in [-0.25, -0.2) is 9.37 Å². The second kappa shape index (κ2) is 17.1. The summed E-state index contributed by atoms with van der Waals surface area (Å²) in [4.78, 5) is 53.4. The van der Waals surface area contributed by atoms with Crippen molar-refractivity contribution in [3.63, 3.8) is 0 Å². The Morgan fingerprint density at radius 2 is 1.76 bits per heavy atom. The molecule has 4 aliphatic rings. The van der Waals surface area contributed by atoms with E-state index >= 15 is 0 Å². The smallest absolute Gasteiger partial charge is 0.401 e. The van der Waals surface area contributed by atoms with Crippen LogP contribution in [0.5, 0.6) is 0 Å². The number of amides is 4. The minimum absolute atomic E-state index is 0.0345. The molecule has 54 heavy (non-hydrogen) atoms. The molecule has 0 radical (unpaired) electrons. The third kappa shape index (κ3) is 9.93. The summed E-state index contributed by atoms with van der Waals surface area (Å²) in [5.74, 6) is -0.741. The normalized spacial score (nSPS) is 27.1. The second-order valence-corrected chi connectivity index (χ2v) is 15.6. The monoisotopic (exact) mass is 774 g/mol. The van der Waals surface area contributed by atoms with Gasteiger partial charge in [-0.15, -0.1) is 4.90 Å². The molecule has 1 aromatic carbocycles. The summed E-state index contributed by atoms with van der Waals surface area (Å²) in [6, 6.07) is 7.08. The van der Waals surface area contributed by atoms with Crippen LogP contribution in [-0.2, 0) is 23.9 Å². The Labute approximate surface area is 319 Å². The van der Waals surface area contributed by atoms with Crippen molar-refractivity contribution in [2.24, 2.45) is 11.7 Å². The van der Waals surface area contributed by atoms with Gasteiger partial charge >= 0.3 is 17.2 Å². The summed E-state index contributed by atoms with van der Waals surface area (Å²) in [5.41, 5.74) is 6.67. The van der Waals surface area contributed by atoms with E-state index in [9.17, 15) is 32.3 Å². The van der Waals surface area contributed by atoms with Gasteiger partial charge in [0.25, 0.3) is 0 Å². The van der Waals surface area contributed by atoms with Crippen molar-refractivity contribution >= 4 is 58.0 Å². The van der Waals surface area contributed by atoms with Gasteiger partial charge in [0.15, 0.2) is 5.70 Å². The summed E-state index contributed by atoms with van der Waals surface area (Å²) in [7, 11) is 0. The summed E-state index contributed by atoms with van der Waals surface area (Å²) in [6.45, 7) is 8.59. The first-order valence-corrected chi connectivity index (χ1v) is 19.0. The van der Waals surface area contributed by atoms with Crippen LogP contribution in [0.25, 0.3) is 0 Å². The number of alkyl halides is 3. The van der Waals surface area contributed by atoms with Gasteiger partial charge in [0.1, 0.15) is 6.04 Å². The summed E-state index contributed by atoms with van der Waals surface area (Å²) in [5, 5.41) is 8.58. The van der Waals surface area contributed by atoms with Crippen LogP contribution in [0, 0.1) is 5.92 Å². The first-order chi connectivity index (χ1) is 25.5. The molecule has 4 fully saturated rings. The number of nitrogens with one attached hydrogen (secondary N) is 3. The quantitative estimate of drug-likeness (QED) is 0.106. The molecule has 1 aliphatic carbocycles. The van der Waals surface area contributed by atoms with Gasteiger partial charge in [0.2, 0.25) is 23.3 Å². The van der Waals surface area contributed by atoms with Crippen molar-refractivity contribution in [3.8, 4) is 0 Å². The van der Waals surface area contributed by atoms with E-state index in [1.807, 2.05) is 6.07 Å². The molecule has 1 aromatic rings. The Morgan fingerprint density at radius 3 is 2.39 bits per heavy atom. The van der Waals surface area contributed by atoms with Crippen LogP contribution in [0.2, 0.25) is 0 Å². The van der Waals surface area contributed by atoms with E-state index in [0.717, 1.165) is 55.0 Å². The van der Waals surface area contributed by atoms with Gasteiger partial charge in [-0.1, -0.05) is 6.07 Å². The molecule has 4 atom stereocenters. The molecule has 0 bridgehead atoms. The minimum Gasteiger partial charge on any atom is -0.401 e. The molecule has 3 heterocycles. The number of rotatable bonds is 11. The molecule has 0 aromatic heterocycles. The van der Waals surface area contributed by atoms with Gasteiger partial charge in [-0.2, -0.15) is 13.2 Å². The van der Waals surface area contributed by atoms with Gasteiger partial charge in [-0.05, 0) is 96.4 Å². The van der Waals surface area contributed by atoms with Crippen LogP contribution in [-0.4, -0.2) is 97.9 Å². The average Bonchev–Trinajstić information content (AvgIpc) is 3.27. The Bertz CT molecular complexity index is 1710. The lowest BCUT2D eigenvalue weighted by Gasteiger charge is -2.42. The topological polar surface area (TPSA) is 149 Å². The lowest BCUT2D eigenvalue weighted by molar-refractivity contribution is -0.469. The molecular weight excluding hydrogens is 724 g/mol. The number of hydrogen-bond donors (Lipinski definition) is 4. The highest BCUT2D eigenvalue weighted by Gasteiger charge is 2.57. The molecule has 4 amide bonds. The molecule has 12 nitrogen and oxygen atoms in total. The Balaban J connectivity index is 1.06. The maximum atomic E-state index is 13.4. The zero-order chi connectivity index (χ0) is 39.4. The van der Waals surface area contributed by atoms with E-state index in [-0.39, 0.29) is 65.8 Å².